The second-order valence-corrected chi connectivity index (χ2v) is 4.53. The van der Waals surface area contributed by atoms with Gasteiger partial charge in [-0.25, -0.2) is 4.79 Å². The first kappa shape index (κ1) is 14.3. The van der Waals surface area contributed by atoms with Crippen LogP contribution in [0.2, 0.25) is 0 Å². The van der Waals surface area contributed by atoms with Crippen molar-refractivity contribution in [2.75, 3.05) is 31.7 Å². The maximum atomic E-state index is 11.5. The molecular formula is C13H16N2O5. The summed E-state index contributed by atoms with van der Waals surface area (Å²) in [7, 11) is 1.29. The number of esters is 1. The highest BCUT2D eigenvalue weighted by atomic mass is 16.6. The molecule has 20 heavy (non-hydrogen) atoms. The Hall–Kier alpha value is -2.15. The first-order valence-corrected chi connectivity index (χ1v) is 6.23. The summed E-state index contributed by atoms with van der Waals surface area (Å²) in [6.45, 7) is 2.88. The molecule has 1 unspecified atom stereocenters. The molecule has 0 saturated carbocycles. The average Bonchev–Trinajstić information content (AvgIpc) is 2.46. The van der Waals surface area contributed by atoms with Crippen LogP contribution >= 0.6 is 0 Å². The molecule has 7 heteroatoms. The third kappa shape index (κ3) is 2.72. The Morgan fingerprint density at radius 1 is 1.55 bits per heavy atom. The largest absolute Gasteiger partial charge is 0.467 e. The summed E-state index contributed by atoms with van der Waals surface area (Å²) in [6, 6.07) is 4.92. The van der Waals surface area contributed by atoms with E-state index in [9.17, 15) is 14.9 Å². The monoisotopic (exact) mass is 280 g/mol. The summed E-state index contributed by atoms with van der Waals surface area (Å²) < 4.78 is 9.99. The fourth-order valence-corrected chi connectivity index (χ4v) is 2.33. The Morgan fingerprint density at radius 2 is 2.30 bits per heavy atom. The maximum absolute atomic E-state index is 11.5. The van der Waals surface area contributed by atoms with Crippen molar-refractivity contribution >= 4 is 17.3 Å². The van der Waals surface area contributed by atoms with Crippen LogP contribution in [-0.2, 0) is 14.3 Å². The van der Waals surface area contributed by atoms with Gasteiger partial charge in [-0.15, -0.1) is 0 Å². The lowest BCUT2D eigenvalue weighted by Crippen LogP contribution is -2.47. The highest BCUT2D eigenvalue weighted by Gasteiger charge is 2.31. The molecule has 0 bridgehead atoms. The number of carbonyl (C=O) groups excluding carboxylic acids is 1. The molecule has 2 rings (SSSR count). The summed E-state index contributed by atoms with van der Waals surface area (Å²) in [5.74, 6) is -0.467. The van der Waals surface area contributed by atoms with Gasteiger partial charge in [-0.2, -0.15) is 0 Å². The number of anilines is 1. The number of hydrogen-bond acceptors (Lipinski definition) is 6. The molecule has 1 aliphatic heterocycles. The molecule has 0 spiro atoms. The molecular weight excluding hydrogens is 264 g/mol. The molecule has 0 N–H and O–H groups in total. The number of hydrogen-bond donors (Lipinski definition) is 0. The van der Waals surface area contributed by atoms with E-state index in [1.807, 2.05) is 13.0 Å². The van der Waals surface area contributed by atoms with Gasteiger partial charge in [-0.05, 0) is 12.5 Å². The van der Waals surface area contributed by atoms with Crippen LogP contribution in [-0.4, -0.2) is 43.8 Å². The molecule has 1 saturated heterocycles. The molecule has 1 fully saturated rings. The minimum atomic E-state index is -0.715. The first-order valence-electron chi connectivity index (χ1n) is 6.23. The Labute approximate surface area is 116 Å². The summed E-state index contributed by atoms with van der Waals surface area (Å²) >= 11 is 0. The van der Waals surface area contributed by atoms with E-state index in [0.717, 1.165) is 5.56 Å². The van der Waals surface area contributed by atoms with Crippen molar-refractivity contribution in [3.8, 4) is 0 Å². The van der Waals surface area contributed by atoms with Crippen molar-refractivity contribution < 1.29 is 19.2 Å². The minimum absolute atomic E-state index is 0.0375. The lowest BCUT2D eigenvalue weighted by molar-refractivity contribution is -0.384. The number of carbonyl (C=O) groups is 1. The van der Waals surface area contributed by atoms with E-state index in [1.165, 1.54) is 13.2 Å². The van der Waals surface area contributed by atoms with E-state index in [0.29, 0.717) is 18.8 Å². The molecule has 108 valence electrons. The summed E-state index contributed by atoms with van der Waals surface area (Å²) in [4.78, 5) is 24.1. The predicted octanol–water partition coefficient (Wildman–Crippen LogP) is 1.28. The summed E-state index contributed by atoms with van der Waals surface area (Å²) in [5.41, 5.74) is 1.37. The van der Waals surface area contributed by atoms with Gasteiger partial charge in [0.2, 0.25) is 0 Å². The molecule has 1 heterocycles. The van der Waals surface area contributed by atoms with Gasteiger partial charge < -0.3 is 14.4 Å². The summed E-state index contributed by atoms with van der Waals surface area (Å²) in [6.07, 6.45) is -0.715. The second-order valence-electron chi connectivity index (χ2n) is 4.53. The molecule has 1 atom stereocenters. The average molecular weight is 280 g/mol. The van der Waals surface area contributed by atoms with Gasteiger partial charge in [0.05, 0.1) is 25.2 Å². The maximum Gasteiger partial charge on any atom is 0.336 e. The quantitative estimate of drug-likeness (QED) is 0.471. The van der Waals surface area contributed by atoms with E-state index in [4.69, 9.17) is 4.74 Å². The SMILES string of the molecule is COC(=O)C1CN(c2c(C)cccc2[N+](=O)[O-])CCO1. The van der Waals surface area contributed by atoms with Crippen LogP contribution in [0.4, 0.5) is 11.4 Å². The number of nitrogens with zero attached hydrogens (tertiary/aromatic N) is 2. The van der Waals surface area contributed by atoms with E-state index in [1.54, 1.807) is 11.0 Å². The highest BCUT2D eigenvalue weighted by molar-refractivity contribution is 5.77. The van der Waals surface area contributed by atoms with Crippen LogP contribution in [0.25, 0.3) is 0 Å². The van der Waals surface area contributed by atoms with Gasteiger partial charge in [0, 0.05) is 12.6 Å². The van der Waals surface area contributed by atoms with Crippen molar-refractivity contribution in [2.24, 2.45) is 0 Å². The predicted molar refractivity (Wildman–Crippen MR) is 71.8 cm³/mol. The Bertz CT molecular complexity index is 531. The molecule has 0 radical (unpaired) electrons. The molecule has 1 aromatic rings. The normalized spacial score (nSPS) is 18.7. The lowest BCUT2D eigenvalue weighted by atomic mass is 10.1. The van der Waals surface area contributed by atoms with E-state index in [2.05, 4.69) is 4.74 Å². The third-order valence-corrected chi connectivity index (χ3v) is 3.26. The molecule has 0 aromatic heterocycles. The zero-order valence-electron chi connectivity index (χ0n) is 11.4. The standard InChI is InChI=1S/C13H16N2O5/c1-9-4-3-5-10(15(17)18)12(9)14-6-7-20-11(8-14)13(16)19-2/h3-5,11H,6-8H2,1-2H3. The van der Waals surface area contributed by atoms with Crippen LogP contribution in [0.1, 0.15) is 5.56 Å². The number of methoxy groups -OCH3 is 1. The van der Waals surface area contributed by atoms with Crippen LogP contribution in [0, 0.1) is 17.0 Å². The Morgan fingerprint density at radius 3 is 2.95 bits per heavy atom. The Balaban J connectivity index is 2.31. The zero-order chi connectivity index (χ0) is 14.7. The lowest BCUT2D eigenvalue weighted by Gasteiger charge is -2.33. The molecule has 7 nitrogen and oxygen atoms in total. The van der Waals surface area contributed by atoms with Gasteiger partial charge >= 0.3 is 5.97 Å². The highest BCUT2D eigenvalue weighted by Crippen LogP contribution is 2.32. The van der Waals surface area contributed by atoms with Crippen molar-refractivity contribution in [3.05, 3.63) is 33.9 Å². The first-order chi connectivity index (χ1) is 9.54. The number of rotatable bonds is 3. The number of morpholine rings is 1. The number of benzene rings is 1. The molecule has 0 aliphatic carbocycles. The van der Waals surface area contributed by atoms with E-state index in [-0.39, 0.29) is 12.2 Å². The fraction of sp³-hybridized carbons (Fsp3) is 0.462. The van der Waals surface area contributed by atoms with Gasteiger partial charge in [-0.3, -0.25) is 10.1 Å². The number of para-hydroxylation sites is 1. The van der Waals surface area contributed by atoms with E-state index >= 15 is 0 Å². The number of nitro groups is 1. The van der Waals surface area contributed by atoms with Crippen LogP contribution in [0.3, 0.4) is 0 Å². The second kappa shape index (κ2) is 5.87. The topological polar surface area (TPSA) is 81.9 Å². The van der Waals surface area contributed by atoms with Gasteiger partial charge in [0.25, 0.3) is 5.69 Å². The molecule has 1 aromatic carbocycles. The number of nitro benzene ring substituents is 1. The smallest absolute Gasteiger partial charge is 0.336 e. The zero-order valence-corrected chi connectivity index (χ0v) is 11.4. The van der Waals surface area contributed by atoms with E-state index < -0.39 is 17.0 Å². The number of aryl methyl sites for hydroxylation is 1. The van der Waals surface area contributed by atoms with Crippen molar-refractivity contribution in [1.29, 1.82) is 0 Å². The van der Waals surface area contributed by atoms with Crippen molar-refractivity contribution in [2.45, 2.75) is 13.0 Å². The fourth-order valence-electron chi connectivity index (χ4n) is 2.33. The molecule has 0 amide bonds. The Kier molecular flexibility index (Phi) is 4.19. The van der Waals surface area contributed by atoms with Crippen molar-refractivity contribution in [1.82, 2.24) is 0 Å². The minimum Gasteiger partial charge on any atom is -0.467 e. The number of ether oxygens (including phenoxy) is 2. The van der Waals surface area contributed by atoms with Gasteiger partial charge in [0.15, 0.2) is 6.10 Å². The van der Waals surface area contributed by atoms with Crippen LogP contribution < -0.4 is 4.90 Å². The summed E-state index contributed by atoms with van der Waals surface area (Å²) in [5, 5.41) is 11.1. The van der Waals surface area contributed by atoms with Crippen molar-refractivity contribution in [3.63, 3.8) is 0 Å². The molecule has 1 aliphatic rings. The third-order valence-electron chi connectivity index (χ3n) is 3.26. The van der Waals surface area contributed by atoms with Crippen LogP contribution in [0.5, 0.6) is 0 Å². The van der Waals surface area contributed by atoms with Gasteiger partial charge in [-0.1, -0.05) is 12.1 Å². The van der Waals surface area contributed by atoms with Gasteiger partial charge in [0.1, 0.15) is 5.69 Å². The van der Waals surface area contributed by atoms with Crippen LogP contribution in [0.15, 0.2) is 18.2 Å².